The summed E-state index contributed by atoms with van der Waals surface area (Å²) in [5, 5.41) is 4.06. The molecule has 1 heterocycles. The predicted molar refractivity (Wildman–Crippen MR) is 61.5 cm³/mol. The normalized spacial score (nSPS) is 29.5. The summed E-state index contributed by atoms with van der Waals surface area (Å²) in [6.45, 7) is 4.63. The highest BCUT2D eigenvalue weighted by Crippen LogP contribution is 2.27. The molecule has 0 amide bonds. The van der Waals surface area contributed by atoms with E-state index in [2.05, 4.69) is 35.9 Å². The van der Waals surface area contributed by atoms with Crippen LogP contribution in [-0.4, -0.2) is 49.1 Å². The summed E-state index contributed by atoms with van der Waals surface area (Å²) in [6.07, 6.45) is 2.74. The van der Waals surface area contributed by atoms with E-state index in [1.807, 2.05) is 7.05 Å². The van der Waals surface area contributed by atoms with Crippen molar-refractivity contribution in [2.24, 2.45) is 0 Å². The molecule has 0 bridgehead atoms. The third-order valence-corrected chi connectivity index (χ3v) is 4.03. The van der Waals surface area contributed by atoms with Crippen molar-refractivity contribution in [1.82, 2.24) is 10.2 Å². The van der Waals surface area contributed by atoms with Gasteiger partial charge < -0.3 is 10.2 Å². The third kappa shape index (κ3) is 3.88. The van der Waals surface area contributed by atoms with Gasteiger partial charge in [0.15, 0.2) is 0 Å². The largest absolute Gasteiger partial charge is 0.318 e. The third-order valence-electron chi connectivity index (χ3n) is 2.80. The van der Waals surface area contributed by atoms with Gasteiger partial charge >= 0.3 is 0 Å². The minimum Gasteiger partial charge on any atom is -0.318 e. The van der Waals surface area contributed by atoms with Gasteiger partial charge in [-0.1, -0.05) is 6.92 Å². The summed E-state index contributed by atoms with van der Waals surface area (Å²) in [6, 6.07) is 0.824. The minimum atomic E-state index is 0.824. The van der Waals surface area contributed by atoms with E-state index >= 15 is 0 Å². The molecule has 1 aliphatic heterocycles. The van der Waals surface area contributed by atoms with Gasteiger partial charge in [-0.05, 0) is 32.7 Å². The van der Waals surface area contributed by atoms with Crippen molar-refractivity contribution < 1.29 is 0 Å². The average molecular weight is 202 g/mol. The molecular weight excluding hydrogens is 180 g/mol. The van der Waals surface area contributed by atoms with Gasteiger partial charge in [-0.2, -0.15) is 11.8 Å². The molecule has 0 aliphatic carbocycles. The molecule has 1 rings (SSSR count). The van der Waals surface area contributed by atoms with Crippen LogP contribution in [0.15, 0.2) is 0 Å². The molecule has 0 aromatic rings. The quantitative estimate of drug-likeness (QED) is 0.742. The molecule has 13 heavy (non-hydrogen) atoms. The molecule has 1 fully saturated rings. The molecule has 1 saturated heterocycles. The van der Waals surface area contributed by atoms with Crippen LogP contribution in [0.2, 0.25) is 0 Å². The number of nitrogens with zero attached hydrogens (tertiary/aromatic N) is 1. The van der Waals surface area contributed by atoms with E-state index in [1.165, 1.54) is 25.1 Å². The number of rotatable bonds is 4. The number of hydrogen-bond donors (Lipinski definition) is 1. The van der Waals surface area contributed by atoms with Crippen molar-refractivity contribution in [2.45, 2.75) is 31.1 Å². The summed E-state index contributed by atoms with van der Waals surface area (Å²) in [4.78, 5) is 2.51. The highest BCUT2D eigenvalue weighted by molar-refractivity contribution is 7.99. The van der Waals surface area contributed by atoms with Gasteiger partial charge in [0, 0.05) is 24.4 Å². The first-order chi connectivity index (χ1) is 6.24. The van der Waals surface area contributed by atoms with Crippen molar-refractivity contribution in [3.05, 3.63) is 0 Å². The first kappa shape index (κ1) is 11.3. The van der Waals surface area contributed by atoms with Crippen LogP contribution in [0.3, 0.4) is 0 Å². The fourth-order valence-electron chi connectivity index (χ4n) is 1.85. The van der Waals surface area contributed by atoms with Gasteiger partial charge in [0.2, 0.25) is 0 Å². The summed E-state index contributed by atoms with van der Waals surface area (Å²) in [5.41, 5.74) is 0. The summed E-state index contributed by atoms with van der Waals surface area (Å²) in [5.74, 6) is 1.34. The maximum atomic E-state index is 3.20. The SMILES string of the molecule is CNCCN(C)C1CCSC(C)C1. The van der Waals surface area contributed by atoms with Crippen molar-refractivity contribution in [1.29, 1.82) is 0 Å². The van der Waals surface area contributed by atoms with Gasteiger partial charge in [-0.3, -0.25) is 0 Å². The second-order valence-corrected chi connectivity index (χ2v) is 5.49. The van der Waals surface area contributed by atoms with Gasteiger partial charge in [0.1, 0.15) is 0 Å². The topological polar surface area (TPSA) is 15.3 Å². The Morgan fingerprint density at radius 1 is 1.54 bits per heavy atom. The summed E-state index contributed by atoms with van der Waals surface area (Å²) in [7, 11) is 4.28. The van der Waals surface area contributed by atoms with Crippen LogP contribution in [0.5, 0.6) is 0 Å². The molecule has 0 aromatic carbocycles. The Hall–Kier alpha value is 0.270. The van der Waals surface area contributed by atoms with E-state index < -0.39 is 0 Å². The van der Waals surface area contributed by atoms with E-state index in [0.717, 1.165) is 17.8 Å². The molecule has 0 spiro atoms. The fraction of sp³-hybridized carbons (Fsp3) is 1.00. The molecule has 2 nitrogen and oxygen atoms in total. The number of hydrogen-bond acceptors (Lipinski definition) is 3. The molecule has 3 heteroatoms. The number of thioether (sulfide) groups is 1. The molecule has 1 aliphatic rings. The average Bonchev–Trinajstić information content (AvgIpc) is 2.14. The van der Waals surface area contributed by atoms with Gasteiger partial charge in [0.05, 0.1) is 0 Å². The van der Waals surface area contributed by atoms with Crippen LogP contribution < -0.4 is 5.32 Å². The Bertz CT molecular complexity index is 141. The van der Waals surface area contributed by atoms with Crippen LogP contribution >= 0.6 is 11.8 Å². The summed E-state index contributed by atoms with van der Waals surface area (Å²) < 4.78 is 0. The zero-order chi connectivity index (χ0) is 9.68. The molecule has 0 saturated carbocycles. The Balaban J connectivity index is 2.24. The Kier molecular flexibility index (Phi) is 5.14. The van der Waals surface area contributed by atoms with Crippen molar-refractivity contribution in [3.63, 3.8) is 0 Å². The van der Waals surface area contributed by atoms with Crippen molar-refractivity contribution in [3.8, 4) is 0 Å². The van der Waals surface area contributed by atoms with Crippen LogP contribution in [0.1, 0.15) is 19.8 Å². The maximum Gasteiger partial charge on any atom is 0.0111 e. The smallest absolute Gasteiger partial charge is 0.0111 e. The minimum absolute atomic E-state index is 0.824. The lowest BCUT2D eigenvalue weighted by molar-refractivity contribution is 0.223. The standard InChI is InChI=1S/C10H22N2S/c1-9-8-10(4-7-13-9)12(3)6-5-11-2/h9-11H,4-8H2,1-3H3. The Morgan fingerprint density at radius 3 is 2.92 bits per heavy atom. The van der Waals surface area contributed by atoms with E-state index in [1.54, 1.807) is 0 Å². The molecule has 78 valence electrons. The molecule has 2 unspecified atom stereocenters. The fourth-order valence-corrected chi connectivity index (χ4v) is 3.01. The van der Waals surface area contributed by atoms with Crippen molar-refractivity contribution in [2.75, 3.05) is 32.9 Å². The molecule has 0 radical (unpaired) electrons. The monoisotopic (exact) mass is 202 g/mol. The predicted octanol–water partition coefficient (Wildman–Crippen LogP) is 1.42. The number of likely N-dealkylation sites (N-methyl/N-ethyl adjacent to an activating group) is 2. The van der Waals surface area contributed by atoms with E-state index in [9.17, 15) is 0 Å². The zero-order valence-electron chi connectivity index (χ0n) is 9.05. The Morgan fingerprint density at radius 2 is 2.31 bits per heavy atom. The highest BCUT2D eigenvalue weighted by Gasteiger charge is 2.21. The van der Waals surface area contributed by atoms with Gasteiger partial charge in [0.25, 0.3) is 0 Å². The lowest BCUT2D eigenvalue weighted by Crippen LogP contribution is -2.39. The van der Waals surface area contributed by atoms with Crippen LogP contribution in [0, 0.1) is 0 Å². The van der Waals surface area contributed by atoms with Crippen LogP contribution in [0.4, 0.5) is 0 Å². The molecule has 2 atom stereocenters. The maximum absolute atomic E-state index is 3.20. The second-order valence-electron chi connectivity index (χ2n) is 3.94. The first-order valence-corrected chi connectivity index (χ1v) is 6.25. The van der Waals surface area contributed by atoms with E-state index in [4.69, 9.17) is 0 Å². The highest BCUT2D eigenvalue weighted by atomic mass is 32.2. The van der Waals surface area contributed by atoms with E-state index in [0.29, 0.717) is 0 Å². The van der Waals surface area contributed by atoms with Crippen molar-refractivity contribution >= 4 is 11.8 Å². The number of nitrogens with one attached hydrogen (secondary N) is 1. The molecule has 1 N–H and O–H groups in total. The lowest BCUT2D eigenvalue weighted by Gasteiger charge is -2.33. The van der Waals surface area contributed by atoms with Crippen LogP contribution in [0.25, 0.3) is 0 Å². The molecule has 0 aromatic heterocycles. The summed E-state index contributed by atoms with van der Waals surface area (Å²) >= 11 is 2.12. The molecular formula is C10H22N2S. The lowest BCUT2D eigenvalue weighted by atomic mass is 10.1. The van der Waals surface area contributed by atoms with Crippen LogP contribution in [-0.2, 0) is 0 Å². The van der Waals surface area contributed by atoms with E-state index in [-0.39, 0.29) is 0 Å². The second kappa shape index (κ2) is 5.89. The van der Waals surface area contributed by atoms with Gasteiger partial charge in [-0.15, -0.1) is 0 Å². The Labute approximate surface area is 86.5 Å². The van der Waals surface area contributed by atoms with Gasteiger partial charge in [-0.25, -0.2) is 0 Å². The first-order valence-electron chi connectivity index (χ1n) is 5.20. The zero-order valence-corrected chi connectivity index (χ0v) is 9.86.